The third kappa shape index (κ3) is 21.1. The maximum absolute atomic E-state index is 11.3. The minimum absolute atomic E-state index is 0.0147. The number of nitrogens with one attached hydrogen (secondary N) is 3. The molecule has 5 rings (SSSR count). The summed E-state index contributed by atoms with van der Waals surface area (Å²) in [6, 6.07) is 0.656. The van der Waals surface area contributed by atoms with Crippen LogP contribution in [0.3, 0.4) is 0 Å². The summed E-state index contributed by atoms with van der Waals surface area (Å²) >= 11 is 0. The second kappa shape index (κ2) is 23.0. The van der Waals surface area contributed by atoms with Crippen LogP contribution >= 0.6 is 0 Å². The van der Waals surface area contributed by atoms with Crippen LogP contribution in [-0.4, -0.2) is 134 Å². The third-order valence-electron chi connectivity index (χ3n) is 12.5. The quantitative estimate of drug-likeness (QED) is 0.230. The lowest BCUT2D eigenvalue weighted by Gasteiger charge is -2.41. The number of piperazine rings is 2. The molecule has 5 aliphatic heterocycles. The van der Waals surface area contributed by atoms with Gasteiger partial charge in [-0.15, -0.1) is 0 Å². The lowest BCUT2D eigenvalue weighted by molar-refractivity contribution is -0.136. The average Bonchev–Trinajstić information content (AvgIpc) is 3.05. The average molecular weight is 764 g/mol. The van der Waals surface area contributed by atoms with Gasteiger partial charge in [0, 0.05) is 55.4 Å². The zero-order chi connectivity index (χ0) is 41.5. The van der Waals surface area contributed by atoms with E-state index in [0.717, 1.165) is 37.4 Å². The van der Waals surface area contributed by atoms with Crippen LogP contribution in [0.2, 0.25) is 0 Å². The van der Waals surface area contributed by atoms with E-state index in [1.807, 2.05) is 4.90 Å². The highest BCUT2D eigenvalue weighted by Gasteiger charge is 2.30. The van der Waals surface area contributed by atoms with Gasteiger partial charge in [0.05, 0.1) is 6.54 Å². The summed E-state index contributed by atoms with van der Waals surface area (Å²) in [5.74, 6) is 3.05. The van der Waals surface area contributed by atoms with Gasteiger partial charge in [-0.2, -0.15) is 0 Å². The predicted molar refractivity (Wildman–Crippen MR) is 238 cm³/mol. The SMILES string of the molecule is CC(C)(C)C1CCNCC1.CC(C)(C)N1CCNCC1=O.CC1CCN(C(C)(C)C)CC1.CC1CN(C(C)(C)C)CCN1.CN1CCC(C(C)(C)C)CC1. The van der Waals surface area contributed by atoms with Crippen molar-refractivity contribution >= 4 is 5.91 Å². The molecule has 322 valence electrons. The van der Waals surface area contributed by atoms with Gasteiger partial charge in [0.2, 0.25) is 5.91 Å². The van der Waals surface area contributed by atoms with Crippen LogP contribution in [0.15, 0.2) is 0 Å². The lowest BCUT2D eigenvalue weighted by Crippen LogP contribution is -2.55. The number of carbonyl (C=O) groups is 1. The summed E-state index contributed by atoms with van der Waals surface area (Å²) in [6.07, 6.45) is 8.28. The van der Waals surface area contributed by atoms with E-state index in [-0.39, 0.29) is 11.4 Å². The topological polar surface area (TPSA) is 66.1 Å². The van der Waals surface area contributed by atoms with E-state index in [1.54, 1.807) is 0 Å². The molecule has 0 aromatic heterocycles. The van der Waals surface area contributed by atoms with Crippen LogP contribution in [0.1, 0.15) is 156 Å². The maximum atomic E-state index is 11.3. The molecule has 5 heterocycles. The van der Waals surface area contributed by atoms with E-state index in [0.29, 0.717) is 34.5 Å². The van der Waals surface area contributed by atoms with Crippen molar-refractivity contribution in [3.05, 3.63) is 0 Å². The fraction of sp³-hybridized carbons (Fsp3) is 0.978. The maximum Gasteiger partial charge on any atom is 0.237 e. The Morgan fingerprint density at radius 3 is 1.35 bits per heavy atom. The molecule has 0 aromatic rings. The summed E-state index contributed by atoms with van der Waals surface area (Å²) in [7, 11) is 2.22. The monoisotopic (exact) mass is 764 g/mol. The van der Waals surface area contributed by atoms with Crippen molar-refractivity contribution in [2.75, 3.05) is 85.6 Å². The van der Waals surface area contributed by atoms with Gasteiger partial charge in [0.1, 0.15) is 0 Å². The fourth-order valence-electron chi connectivity index (χ4n) is 8.10. The molecule has 0 saturated carbocycles. The second-order valence-electron chi connectivity index (χ2n) is 22.5. The highest BCUT2D eigenvalue weighted by molar-refractivity contribution is 5.79. The normalized spacial score (nSPS) is 24.1. The Kier molecular flexibility index (Phi) is 21.8. The first-order valence-electron chi connectivity index (χ1n) is 22.3. The molecule has 8 nitrogen and oxygen atoms in total. The summed E-state index contributed by atoms with van der Waals surface area (Å²) in [5.41, 5.74) is 1.78. The van der Waals surface area contributed by atoms with Gasteiger partial charge in [0.25, 0.3) is 0 Å². The first kappa shape index (κ1) is 51.2. The second-order valence-corrected chi connectivity index (χ2v) is 22.5. The zero-order valence-electron chi connectivity index (χ0n) is 39.7. The van der Waals surface area contributed by atoms with E-state index in [1.165, 1.54) is 90.9 Å². The van der Waals surface area contributed by atoms with Gasteiger partial charge in [-0.3, -0.25) is 14.6 Å². The van der Waals surface area contributed by atoms with Gasteiger partial charge in [-0.25, -0.2) is 0 Å². The number of hydrogen-bond donors (Lipinski definition) is 3. The van der Waals surface area contributed by atoms with Crippen molar-refractivity contribution < 1.29 is 4.79 Å². The molecule has 5 fully saturated rings. The number of piperidine rings is 3. The molecule has 8 heteroatoms. The van der Waals surface area contributed by atoms with Crippen LogP contribution in [0.5, 0.6) is 0 Å². The van der Waals surface area contributed by atoms with Crippen LogP contribution < -0.4 is 16.0 Å². The van der Waals surface area contributed by atoms with E-state index in [9.17, 15) is 4.79 Å². The van der Waals surface area contributed by atoms with E-state index in [2.05, 4.69) is 155 Å². The van der Waals surface area contributed by atoms with Crippen LogP contribution in [0, 0.1) is 28.6 Å². The Hall–Kier alpha value is -0.770. The predicted octanol–water partition coefficient (Wildman–Crippen LogP) is 8.22. The highest BCUT2D eigenvalue weighted by Crippen LogP contribution is 2.34. The van der Waals surface area contributed by atoms with Crippen molar-refractivity contribution in [3.63, 3.8) is 0 Å². The Morgan fingerprint density at radius 2 is 1.00 bits per heavy atom. The number of rotatable bonds is 0. The molecule has 1 unspecified atom stereocenters. The summed E-state index contributed by atoms with van der Waals surface area (Å²) < 4.78 is 0. The molecule has 54 heavy (non-hydrogen) atoms. The highest BCUT2D eigenvalue weighted by atomic mass is 16.2. The van der Waals surface area contributed by atoms with Gasteiger partial charge in [-0.1, -0.05) is 48.5 Å². The molecular formula is C46H97N7O. The summed E-state index contributed by atoms with van der Waals surface area (Å²) in [6.45, 7) is 52.1. The van der Waals surface area contributed by atoms with E-state index < -0.39 is 0 Å². The standard InChI is InChI=1S/2C10H21N.C9H20N2.C9H19N.C8H16N2O/c1-10(2,3)9-5-7-11(4)8-6-9;1-9-5-7-11(8-6-9)10(2,3)4;1-8-7-11(6-5-10-8)9(2,3)4;1-9(2,3)8-4-6-10-7-5-8;1-8(2,3)10-5-4-9-6-7(10)11/h2*9H,5-8H2,1-4H3;8,10H,5-7H2,1-4H3;8,10H,4-7H2,1-3H3;9H,4-6H2,1-3H3. The summed E-state index contributed by atoms with van der Waals surface area (Å²) in [4.78, 5) is 20.8. The minimum atomic E-state index is -0.0147. The van der Waals surface area contributed by atoms with E-state index in [4.69, 9.17) is 0 Å². The van der Waals surface area contributed by atoms with Gasteiger partial charge >= 0.3 is 0 Å². The number of amides is 1. The Bertz CT molecular complexity index is 959. The minimum Gasteiger partial charge on any atom is -0.335 e. The number of hydrogen-bond acceptors (Lipinski definition) is 7. The van der Waals surface area contributed by atoms with Crippen LogP contribution in [0.25, 0.3) is 0 Å². The molecule has 1 amide bonds. The molecule has 5 saturated heterocycles. The van der Waals surface area contributed by atoms with Crippen molar-refractivity contribution in [1.29, 1.82) is 0 Å². The largest absolute Gasteiger partial charge is 0.335 e. The van der Waals surface area contributed by atoms with Gasteiger partial charge in [-0.05, 0) is 183 Å². The van der Waals surface area contributed by atoms with Crippen LogP contribution in [-0.2, 0) is 4.79 Å². The van der Waals surface area contributed by atoms with Crippen LogP contribution in [0.4, 0.5) is 0 Å². The Morgan fingerprint density at radius 1 is 0.519 bits per heavy atom. The van der Waals surface area contributed by atoms with Crippen molar-refractivity contribution in [2.24, 2.45) is 28.6 Å². The number of nitrogens with zero attached hydrogens (tertiary/aromatic N) is 4. The molecule has 0 aromatic carbocycles. The first-order valence-corrected chi connectivity index (χ1v) is 22.3. The Balaban J connectivity index is 0.000000338. The molecule has 0 bridgehead atoms. The molecule has 5 aliphatic rings. The van der Waals surface area contributed by atoms with Crippen molar-refractivity contribution in [1.82, 2.24) is 35.6 Å². The number of carbonyl (C=O) groups excluding carboxylic acids is 1. The number of likely N-dealkylation sites (tertiary alicyclic amines) is 2. The van der Waals surface area contributed by atoms with Crippen molar-refractivity contribution in [3.8, 4) is 0 Å². The van der Waals surface area contributed by atoms with Gasteiger partial charge in [0.15, 0.2) is 0 Å². The Labute approximate surface area is 338 Å². The summed E-state index contributed by atoms with van der Waals surface area (Å²) in [5, 5.41) is 9.87. The molecule has 3 N–H and O–H groups in total. The third-order valence-corrected chi connectivity index (χ3v) is 12.5. The lowest BCUT2D eigenvalue weighted by atomic mass is 9.75. The fourth-order valence-corrected chi connectivity index (χ4v) is 8.10. The molecule has 0 spiro atoms. The first-order chi connectivity index (χ1) is 24.6. The molecule has 0 radical (unpaired) electrons. The zero-order valence-corrected chi connectivity index (χ0v) is 39.7. The molecular weight excluding hydrogens is 667 g/mol. The van der Waals surface area contributed by atoms with E-state index >= 15 is 0 Å². The molecule has 1 atom stereocenters. The van der Waals surface area contributed by atoms with Crippen molar-refractivity contribution in [2.45, 2.75) is 179 Å². The van der Waals surface area contributed by atoms with Gasteiger partial charge < -0.3 is 25.8 Å². The smallest absolute Gasteiger partial charge is 0.237 e. The molecule has 0 aliphatic carbocycles.